The van der Waals surface area contributed by atoms with Gasteiger partial charge in [0.05, 0.1) is 13.0 Å². The molecule has 0 amide bonds. The minimum Gasteiger partial charge on any atom is -0.497 e. The van der Waals surface area contributed by atoms with Gasteiger partial charge in [0, 0.05) is 0 Å². The minimum absolute atomic E-state index is 0.350. The number of methoxy groups -OCH3 is 1. The van der Waals surface area contributed by atoms with Crippen molar-refractivity contribution in [2.45, 2.75) is 31.6 Å². The normalized spacial score (nSPS) is 23.6. The molecule has 86 valence electrons. The maximum atomic E-state index is 11.1. The van der Waals surface area contributed by atoms with Crippen LogP contribution in [0.25, 0.3) is 0 Å². The third-order valence-corrected chi connectivity index (χ3v) is 3.39. The van der Waals surface area contributed by atoms with E-state index in [2.05, 4.69) is 6.92 Å². The molecule has 3 nitrogen and oxygen atoms in total. The fraction of sp³-hybridized carbons (Fsp3) is 0.462. The molecule has 0 spiro atoms. The van der Waals surface area contributed by atoms with Gasteiger partial charge in [-0.15, -0.1) is 0 Å². The average molecular weight is 220 g/mol. The Morgan fingerprint density at radius 1 is 1.38 bits per heavy atom. The van der Waals surface area contributed by atoms with Gasteiger partial charge in [-0.1, -0.05) is 13.0 Å². The van der Waals surface area contributed by atoms with Gasteiger partial charge in [0.25, 0.3) is 0 Å². The van der Waals surface area contributed by atoms with E-state index in [1.165, 1.54) is 0 Å². The van der Waals surface area contributed by atoms with Crippen molar-refractivity contribution < 1.29 is 14.6 Å². The standard InChI is InChI=1S/C13H16O3/c1-8-3-5-11(13(14)15)10-6-4-9(16-2)7-12(8)10/h4,6-8,11H,3,5H2,1-2H3,(H,14,15). The monoisotopic (exact) mass is 220 g/mol. The Morgan fingerprint density at radius 2 is 2.12 bits per heavy atom. The second-order valence-electron chi connectivity index (χ2n) is 4.36. The molecule has 0 aromatic heterocycles. The molecule has 0 aliphatic heterocycles. The number of carboxylic acid groups (broad SMARTS) is 1. The number of hydrogen-bond acceptors (Lipinski definition) is 2. The molecule has 0 saturated carbocycles. The van der Waals surface area contributed by atoms with Crippen LogP contribution in [0.2, 0.25) is 0 Å². The van der Waals surface area contributed by atoms with Gasteiger partial charge in [0.2, 0.25) is 0 Å². The first-order valence-corrected chi connectivity index (χ1v) is 5.54. The Morgan fingerprint density at radius 3 is 2.75 bits per heavy atom. The summed E-state index contributed by atoms with van der Waals surface area (Å²) in [6.45, 7) is 2.14. The highest BCUT2D eigenvalue weighted by atomic mass is 16.5. The minimum atomic E-state index is -0.724. The zero-order valence-corrected chi connectivity index (χ0v) is 9.56. The lowest BCUT2D eigenvalue weighted by Gasteiger charge is -2.27. The van der Waals surface area contributed by atoms with Gasteiger partial charge >= 0.3 is 5.97 Å². The number of aliphatic carboxylic acids is 1. The number of carbonyl (C=O) groups is 1. The van der Waals surface area contributed by atoms with Crippen molar-refractivity contribution in [3.05, 3.63) is 29.3 Å². The highest BCUT2D eigenvalue weighted by Gasteiger charge is 2.29. The van der Waals surface area contributed by atoms with Gasteiger partial charge in [0.15, 0.2) is 0 Å². The molecule has 0 heterocycles. The van der Waals surface area contributed by atoms with Gasteiger partial charge in [0.1, 0.15) is 5.75 Å². The summed E-state index contributed by atoms with van der Waals surface area (Å²) in [7, 11) is 1.63. The molecular formula is C13H16O3. The summed E-state index contributed by atoms with van der Waals surface area (Å²) in [6.07, 6.45) is 1.66. The summed E-state index contributed by atoms with van der Waals surface area (Å²) in [5.74, 6) is 0.146. The first-order valence-electron chi connectivity index (χ1n) is 5.54. The molecule has 1 aliphatic carbocycles. The maximum absolute atomic E-state index is 11.1. The predicted octanol–water partition coefficient (Wildman–Crippen LogP) is 2.76. The largest absolute Gasteiger partial charge is 0.497 e. The number of carboxylic acids is 1. The summed E-state index contributed by atoms with van der Waals surface area (Å²) in [5.41, 5.74) is 2.07. The van der Waals surface area contributed by atoms with E-state index in [4.69, 9.17) is 9.84 Å². The van der Waals surface area contributed by atoms with Crippen LogP contribution < -0.4 is 4.74 Å². The molecule has 1 aromatic carbocycles. The lowest BCUT2D eigenvalue weighted by molar-refractivity contribution is -0.139. The van der Waals surface area contributed by atoms with Crippen LogP contribution in [0, 0.1) is 0 Å². The third kappa shape index (κ3) is 1.77. The molecule has 2 rings (SSSR count). The number of ether oxygens (including phenoxy) is 1. The summed E-state index contributed by atoms with van der Waals surface area (Å²) >= 11 is 0. The highest BCUT2D eigenvalue weighted by Crippen LogP contribution is 2.40. The van der Waals surface area contributed by atoms with Crippen molar-refractivity contribution in [3.8, 4) is 5.75 Å². The van der Waals surface area contributed by atoms with Crippen molar-refractivity contribution in [2.24, 2.45) is 0 Å². The number of fused-ring (bicyclic) bond motifs is 1. The fourth-order valence-corrected chi connectivity index (χ4v) is 2.41. The Kier molecular flexibility index (Phi) is 2.86. The van der Waals surface area contributed by atoms with Crippen LogP contribution in [-0.2, 0) is 4.79 Å². The van der Waals surface area contributed by atoms with Crippen molar-refractivity contribution in [1.82, 2.24) is 0 Å². The van der Waals surface area contributed by atoms with Gasteiger partial charge in [-0.2, -0.15) is 0 Å². The van der Waals surface area contributed by atoms with E-state index in [-0.39, 0.29) is 5.92 Å². The fourth-order valence-electron chi connectivity index (χ4n) is 2.41. The topological polar surface area (TPSA) is 46.5 Å². The molecule has 1 N–H and O–H groups in total. The van der Waals surface area contributed by atoms with E-state index >= 15 is 0 Å². The summed E-state index contributed by atoms with van der Waals surface area (Å²) < 4.78 is 5.18. The van der Waals surface area contributed by atoms with Crippen LogP contribution in [0.5, 0.6) is 5.75 Å². The zero-order chi connectivity index (χ0) is 11.7. The quantitative estimate of drug-likeness (QED) is 0.833. The Balaban J connectivity index is 2.47. The van der Waals surface area contributed by atoms with Gasteiger partial charge in [-0.3, -0.25) is 4.79 Å². The SMILES string of the molecule is COc1ccc2c(c1)C(C)CCC2C(=O)O. The Labute approximate surface area is 95.0 Å². The van der Waals surface area contributed by atoms with Crippen LogP contribution in [0.4, 0.5) is 0 Å². The van der Waals surface area contributed by atoms with E-state index in [1.807, 2.05) is 18.2 Å². The van der Waals surface area contributed by atoms with Crippen LogP contribution in [-0.4, -0.2) is 18.2 Å². The Bertz CT molecular complexity index is 412. The summed E-state index contributed by atoms with van der Waals surface area (Å²) in [4.78, 5) is 11.1. The Hall–Kier alpha value is -1.51. The van der Waals surface area contributed by atoms with E-state index in [0.29, 0.717) is 5.92 Å². The van der Waals surface area contributed by atoms with E-state index in [9.17, 15) is 4.79 Å². The predicted molar refractivity (Wildman–Crippen MR) is 61.0 cm³/mol. The molecule has 3 heteroatoms. The lowest BCUT2D eigenvalue weighted by atomic mass is 9.77. The van der Waals surface area contributed by atoms with E-state index in [1.54, 1.807) is 7.11 Å². The van der Waals surface area contributed by atoms with Crippen molar-refractivity contribution in [1.29, 1.82) is 0 Å². The van der Waals surface area contributed by atoms with Gasteiger partial charge in [-0.05, 0) is 42.0 Å². The van der Waals surface area contributed by atoms with Crippen LogP contribution >= 0.6 is 0 Å². The smallest absolute Gasteiger partial charge is 0.310 e. The molecule has 1 aliphatic rings. The molecule has 1 aromatic rings. The second-order valence-corrected chi connectivity index (χ2v) is 4.36. The van der Waals surface area contributed by atoms with Crippen molar-refractivity contribution >= 4 is 5.97 Å². The molecule has 0 bridgehead atoms. The first kappa shape index (κ1) is 11.0. The molecule has 0 saturated heterocycles. The second kappa shape index (κ2) is 4.16. The van der Waals surface area contributed by atoms with Gasteiger partial charge < -0.3 is 9.84 Å². The maximum Gasteiger partial charge on any atom is 0.310 e. The lowest BCUT2D eigenvalue weighted by Crippen LogP contribution is -2.19. The van der Waals surface area contributed by atoms with Gasteiger partial charge in [-0.25, -0.2) is 0 Å². The molecule has 2 unspecified atom stereocenters. The molecular weight excluding hydrogens is 204 g/mol. The molecule has 0 radical (unpaired) electrons. The van der Waals surface area contributed by atoms with E-state index < -0.39 is 5.97 Å². The summed E-state index contributed by atoms with van der Waals surface area (Å²) in [5, 5.41) is 9.17. The first-order chi connectivity index (χ1) is 7.63. The zero-order valence-electron chi connectivity index (χ0n) is 9.56. The molecule has 2 atom stereocenters. The highest BCUT2D eigenvalue weighted by molar-refractivity contribution is 5.77. The van der Waals surface area contributed by atoms with Crippen molar-refractivity contribution in [3.63, 3.8) is 0 Å². The van der Waals surface area contributed by atoms with Crippen LogP contribution in [0.15, 0.2) is 18.2 Å². The molecule has 16 heavy (non-hydrogen) atoms. The van der Waals surface area contributed by atoms with Crippen LogP contribution in [0.1, 0.15) is 42.7 Å². The molecule has 0 fully saturated rings. The number of hydrogen-bond donors (Lipinski definition) is 1. The van der Waals surface area contributed by atoms with Crippen LogP contribution in [0.3, 0.4) is 0 Å². The summed E-state index contributed by atoms with van der Waals surface area (Å²) in [6, 6.07) is 5.70. The third-order valence-electron chi connectivity index (χ3n) is 3.39. The average Bonchev–Trinajstić information content (AvgIpc) is 2.29. The van der Waals surface area contributed by atoms with Crippen molar-refractivity contribution in [2.75, 3.05) is 7.11 Å². The number of benzene rings is 1. The van der Waals surface area contributed by atoms with E-state index in [0.717, 1.165) is 29.7 Å². The number of rotatable bonds is 2.